The Morgan fingerprint density at radius 2 is 2.12 bits per heavy atom. The maximum atomic E-state index is 5.65. The predicted molar refractivity (Wildman–Crippen MR) is 72.3 cm³/mol. The van der Waals surface area contributed by atoms with Crippen LogP contribution in [0.3, 0.4) is 0 Å². The molecule has 0 radical (unpaired) electrons. The first-order valence-corrected chi connectivity index (χ1v) is 6.25. The fourth-order valence-electron chi connectivity index (χ4n) is 1.92. The van der Waals surface area contributed by atoms with Crippen molar-refractivity contribution in [3.8, 4) is 0 Å². The molecule has 4 heteroatoms. The number of para-hydroxylation sites is 2. The van der Waals surface area contributed by atoms with Gasteiger partial charge in [0.05, 0.1) is 11.0 Å². The molecule has 0 fully saturated rings. The van der Waals surface area contributed by atoms with E-state index in [2.05, 4.69) is 21.8 Å². The summed E-state index contributed by atoms with van der Waals surface area (Å²) in [4.78, 5) is 10.2. The number of unbranched alkanes of at least 4 members (excludes halogenated alkanes) is 1. The van der Waals surface area contributed by atoms with Crippen LogP contribution in [0.5, 0.6) is 0 Å². The number of hydrogen-bond donors (Lipinski definition) is 2. The van der Waals surface area contributed by atoms with E-state index in [1.54, 1.807) is 0 Å². The molecule has 0 aliphatic heterocycles. The molecule has 0 amide bonds. The summed E-state index contributed by atoms with van der Waals surface area (Å²) in [5, 5.41) is 0. The van der Waals surface area contributed by atoms with Gasteiger partial charge in [0.2, 0.25) is 5.95 Å². The van der Waals surface area contributed by atoms with Crippen molar-refractivity contribution in [1.29, 1.82) is 0 Å². The summed E-state index contributed by atoms with van der Waals surface area (Å²) in [6.07, 6.45) is 2.35. The smallest absolute Gasteiger partial charge is 0.203 e. The number of imidazole rings is 1. The molecule has 0 saturated carbocycles. The number of fused-ring (bicyclic) bond motifs is 1. The third kappa shape index (κ3) is 2.77. The molecule has 0 bridgehead atoms. The van der Waals surface area contributed by atoms with E-state index in [1.165, 1.54) is 6.42 Å². The van der Waals surface area contributed by atoms with E-state index in [-0.39, 0.29) is 0 Å². The maximum Gasteiger partial charge on any atom is 0.203 e. The van der Waals surface area contributed by atoms with Gasteiger partial charge in [-0.2, -0.15) is 0 Å². The Morgan fingerprint density at radius 3 is 2.82 bits per heavy atom. The maximum absolute atomic E-state index is 5.65. The number of hydrogen-bond acceptors (Lipinski definition) is 3. The zero-order chi connectivity index (χ0) is 12.1. The minimum absolute atomic E-state index is 0.654. The molecule has 0 atom stereocenters. The molecule has 4 nitrogen and oxygen atoms in total. The molecular weight excluding hydrogens is 212 g/mol. The second-order valence-electron chi connectivity index (χ2n) is 4.21. The highest BCUT2D eigenvalue weighted by molar-refractivity contribution is 5.77. The number of aromatic amines is 1. The van der Waals surface area contributed by atoms with E-state index in [9.17, 15) is 0 Å². The zero-order valence-corrected chi connectivity index (χ0v) is 10.3. The standard InChI is InChI=1S/C13H20N4/c1-2-3-9-17(10-8-14)13-15-11-6-4-5-7-12(11)16-13/h4-7H,2-3,8-10,14H2,1H3,(H,15,16). The summed E-state index contributed by atoms with van der Waals surface area (Å²) < 4.78 is 0. The van der Waals surface area contributed by atoms with Gasteiger partial charge < -0.3 is 15.6 Å². The molecule has 0 aliphatic carbocycles. The number of benzene rings is 1. The highest BCUT2D eigenvalue weighted by Gasteiger charge is 2.09. The van der Waals surface area contributed by atoms with Gasteiger partial charge in [0.1, 0.15) is 0 Å². The average Bonchev–Trinajstić information content (AvgIpc) is 2.78. The van der Waals surface area contributed by atoms with E-state index >= 15 is 0 Å². The summed E-state index contributed by atoms with van der Waals surface area (Å²) in [6, 6.07) is 8.10. The van der Waals surface area contributed by atoms with Crippen molar-refractivity contribution in [3.63, 3.8) is 0 Å². The lowest BCUT2D eigenvalue weighted by molar-refractivity contribution is 0.702. The number of nitrogens with zero attached hydrogens (tertiary/aromatic N) is 2. The Labute approximate surface area is 102 Å². The SMILES string of the molecule is CCCCN(CCN)c1nc2ccccc2[nH]1. The molecule has 1 heterocycles. The van der Waals surface area contributed by atoms with Crippen molar-refractivity contribution in [1.82, 2.24) is 9.97 Å². The average molecular weight is 232 g/mol. The summed E-state index contributed by atoms with van der Waals surface area (Å²) >= 11 is 0. The molecule has 2 aromatic rings. The quantitative estimate of drug-likeness (QED) is 0.802. The molecule has 92 valence electrons. The zero-order valence-electron chi connectivity index (χ0n) is 10.3. The summed E-state index contributed by atoms with van der Waals surface area (Å²) in [5.41, 5.74) is 7.75. The summed E-state index contributed by atoms with van der Waals surface area (Å²) in [6.45, 7) is 4.70. The Bertz CT molecular complexity index is 430. The van der Waals surface area contributed by atoms with E-state index in [0.717, 1.165) is 36.5 Å². The molecule has 0 spiro atoms. The van der Waals surface area contributed by atoms with Crippen LogP contribution in [0, 0.1) is 0 Å². The molecule has 17 heavy (non-hydrogen) atoms. The Balaban J connectivity index is 2.21. The number of anilines is 1. The van der Waals surface area contributed by atoms with Gasteiger partial charge in [0.15, 0.2) is 0 Å². The largest absolute Gasteiger partial charge is 0.341 e. The first-order chi connectivity index (χ1) is 8.35. The molecule has 0 unspecified atom stereocenters. The molecule has 0 aliphatic rings. The van der Waals surface area contributed by atoms with Gasteiger partial charge in [-0.1, -0.05) is 25.5 Å². The van der Waals surface area contributed by atoms with Crippen molar-refractivity contribution in [2.45, 2.75) is 19.8 Å². The Hall–Kier alpha value is -1.55. The van der Waals surface area contributed by atoms with Crippen LogP contribution < -0.4 is 10.6 Å². The van der Waals surface area contributed by atoms with Crippen LogP contribution in [-0.4, -0.2) is 29.6 Å². The van der Waals surface area contributed by atoms with Crippen LogP contribution in [-0.2, 0) is 0 Å². The first-order valence-electron chi connectivity index (χ1n) is 6.25. The van der Waals surface area contributed by atoms with Gasteiger partial charge >= 0.3 is 0 Å². The third-order valence-corrected chi connectivity index (χ3v) is 2.86. The van der Waals surface area contributed by atoms with Gasteiger partial charge in [0, 0.05) is 19.6 Å². The number of rotatable bonds is 6. The van der Waals surface area contributed by atoms with Crippen LogP contribution in [0.2, 0.25) is 0 Å². The van der Waals surface area contributed by atoms with Gasteiger partial charge in [-0.3, -0.25) is 0 Å². The fourth-order valence-corrected chi connectivity index (χ4v) is 1.92. The van der Waals surface area contributed by atoms with Crippen molar-refractivity contribution < 1.29 is 0 Å². The number of H-pyrrole nitrogens is 1. The van der Waals surface area contributed by atoms with Gasteiger partial charge in [0.25, 0.3) is 0 Å². The van der Waals surface area contributed by atoms with Gasteiger partial charge in [-0.15, -0.1) is 0 Å². The van der Waals surface area contributed by atoms with Crippen molar-refractivity contribution in [2.24, 2.45) is 5.73 Å². The van der Waals surface area contributed by atoms with Gasteiger partial charge in [-0.05, 0) is 18.6 Å². The second-order valence-corrected chi connectivity index (χ2v) is 4.21. The van der Waals surface area contributed by atoms with E-state index in [0.29, 0.717) is 6.54 Å². The summed E-state index contributed by atoms with van der Waals surface area (Å²) in [7, 11) is 0. The van der Waals surface area contributed by atoms with Crippen LogP contribution >= 0.6 is 0 Å². The third-order valence-electron chi connectivity index (χ3n) is 2.86. The number of aromatic nitrogens is 2. The number of nitrogens with two attached hydrogens (primary N) is 1. The number of nitrogens with one attached hydrogen (secondary N) is 1. The molecule has 1 aromatic carbocycles. The molecule has 3 N–H and O–H groups in total. The van der Waals surface area contributed by atoms with Crippen LogP contribution in [0.15, 0.2) is 24.3 Å². The highest BCUT2D eigenvalue weighted by atomic mass is 15.3. The van der Waals surface area contributed by atoms with Crippen molar-refractivity contribution in [3.05, 3.63) is 24.3 Å². The summed E-state index contributed by atoms with van der Waals surface area (Å²) in [5.74, 6) is 0.935. The van der Waals surface area contributed by atoms with Crippen molar-refractivity contribution >= 4 is 17.0 Å². The van der Waals surface area contributed by atoms with Gasteiger partial charge in [-0.25, -0.2) is 4.98 Å². The lowest BCUT2D eigenvalue weighted by Gasteiger charge is -2.20. The van der Waals surface area contributed by atoms with Crippen LogP contribution in [0.4, 0.5) is 5.95 Å². The Kier molecular flexibility index (Phi) is 3.98. The van der Waals surface area contributed by atoms with Crippen LogP contribution in [0.1, 0.15) is 19.8 Å². The molecule has 2 rings (SSSR count). The first kappa shape index (κ1) is 11.9. The van der Waals surface area contributed by atoms with Crippen LogP contribution in [0.25, 0.3) is 11.0 Å². The molecule has 0 saturated heterocycles. The highest BCUT2D eigenvalue weighted by Crippen LogP contribution is 2.17. The van der Waals surface area contributed by atoms with Crippen molar-refractivity contribution in [2.75, 3.05) is 24.5 Å². The lowest BCUT2D eigenvalue weighted by atomic mass is 10.3. The second kappa shape index (κ2) is 5.68. The molecular formula is C13H20N4. The topological polar surface area (TPSA) is 57.9 Å². The fraction of sp³-hybridized carbons (Fsp3) is 0.462. The molecule has 1 aromatic heterocycles. The Morgan fingerprint density at radius 1 is 1.29 bits per heavy atom. The monoisotopic (exact) mass is 232 g/mol. The minimum Gasteiger partial charge on any atom is -0.341 e. The van der Waals surface area contributed by atoms with E-state index in [1.807, 2.05) is 24.3 Å². The van der Waals surface area contributed by atoms with E-state index < -0.39 is 0 Å². The predicted octanol–water partition coefficient (Wildman–Crippen LogP) is 2.13. The van der Waals surface area contributed by atoms with E-state index in [4.69, 9.17) is 5.73 Å². The minimum atomic E-state index is 0.654. The lowest BCUT2D eigenvalue weighted by Crippen LogP contribution is -2.31. The normalized spacial score (nSPS) is 10.9.